The maximum Gasteiger partial charge on any atom is 0.514 e. The van der Waals surface area contributed by atoms with E-state index in [0.29, 0.717) is 29.4 Å². The number of benzene rings is 3. The zero-order valence-electron chi connectivity index (χ0n) is 25.4. The number of rotatable bonds is 11. The van der Waals surface area contributed by atoms with Crippen LogP contribution in [0.25, 0.3) is 10.8 Å². The predicted molar refractivity (Wildman–Crippen MR) is 159 cm³/mol. The Kier molecular flexibility index (Phi) is 10.6. The fraction of sp³-hybridized carbons (Fsp3) is 0.424. The molecule has 3 unspecified atom stereocenters. The van der Waals surface area contributed by atoms with Gasteiger partial charge in [0.15, 0.2) is 0 Å². The lowest BCUT2D eigenvalue weighted by atomic mass is 9.77. The lowest BCUT2D eigenvalue weighted by molar-refractivity contribution is -0.159. The average Bonchev–Trinajstić information content (AvgIpc) is 2.93. The minimum absolute atomic E-state index is 0.00557. The van der Waals surface area contributed by atoms with E-state index in [1.807, 2.05) is 26.0 Å². The number of carbonyl (C=O) groups is 3. The molecule has 0 spiro atoms. The van der Waals surface area contributed by atoms with Gasteiger partial charge in [-0.3, -0.25) is 4.79 Å². The lowest BCUT2D eigenvalue weighted by Gasteiger charge is -2.29. The van der Waals surface area contributed by atoms with E-state index in [-0.39, 0.29) is 29.6 Å². The summed E-state index contributed by atoms with van der Waals surface area (Å²) >= 11 is 0. The standard InChI is InChI=1S/C33H40O10/c1-7-33(6,17-20(2)21-9-12-26(13-10-21)42-31(39)43-32(3,4)5)30(38)41-19-25(35)18-40-29(37)27-15-23-14-24(34)11-8-22(23)16-28(27)36/h8-16,20,25,34-36H,7,17-19H2,1-6H3. The van der Waals surface area contributed by atoms with Crippen LogP contribution in [0.2, 0.25) is 0 Å². The fourth-order valence-electron chi connectivity index (χ4n) is 4.48. The highest BCUT2D eigenvalue weighted by molar-refractivity contribution is 5.98. The van der Waals surface area contributed by atoms with Crippen LogP contribution in [0, 0.1) is 5.41 Å². The molecule has 3 aromatic rings. The van der Waals surface area contributed by atoms with Gasteiger partial charge in [0, 0.05) is 0 Å². The topological polar surface area (TPSA) is 149 Å². The van der Waals surface area contributed by atoms with Crippen LogP contribution in [0.4, 0.5) is 4.79 Å². The Morgan fingerprint density at radius 2 is 1.51 bits per heavy atom. The molecule has 0 saturated heterocycles. The summed E-state index contributed by atoms with van der Waals surface area (Å²) in [4.78, 5) is 37.5. The Morgan fingerprint density at radius 1 is 0.860 bits per heavy atom. The molecule has 0 amide bonds. The molecule has 10 nitrogen and oxygen atoms in total. The third-order valence-corrected chi connectivity index (χ3v) is 7.04. The molecule has 232 valence electrons. The van der Waals surface area contributed by atoms with E-state index in [4.69, 9.17) is 18.9 Å². The van der Waals surface area contributed by atoms with Crippen molar-refractivity contribution in [3.05, 3.63) is 65.7 Å². The van der Waals surface area contributed by atoms with E-state index in [9.17, 15) is 29.7 Å². The first-order chi connectivity index (χ1) is 20.1. The first-order valence-corrected chi connectivity index (χ1v) is 14.1. The van der Waals surface area contributed by atoms with Gasteiger partial charge in [0.1, 0.15) is 47.7 Å². The van der Waals surface area contributed by atoms with Gasteiger partial charge in [0.05, 0.1) is 5.41 Å². The number of aliphatic hydroxyl groups excluding tert-OH is 1. The number of phenolic OH excluding ortho intramolecular Hbond substituents is 2. The Morgan fingerprint density at radius 3 is 2.14 bits per heavy atom. The number of aliphatic hydroxyl groups is 1. The number of carbonyl (C=O) groups excluding carboxylic acids is 3. The monoisotopic (exact) mass is 596 g/mol. The number of ether oxygens (including phenoxy) is 4. The van der Waals surface area contributed by atoms with Crippen LogP contribution < -0.4 is 4.74 Å². The smallest absolute Gasteiger partial charge is 0.508 e. The third kappa shape index (κ3) is 9.34. The van der Waals surface area contributed by atoms with Crippen molar-refractivity contribution in [2.24, 2.45) is 5.41 Å². The summed E-state index contributed by atoms with van der Waals surface area (Å²) in [5.74, 6) is -1.37. The molecular weight excluding hydrogens is 556 g/mol. The zero-order chi connectivity index (χ0) is 31.9. The van der Waals surface area contributed by atoms with E-state index in [1.54, 1.807) is 45.9 Å². The van der Waals surface area contributed by atoms with Crippen molar-refractivity contribution in [2.45, 2.75) is 72.0 Å². The number of hydrogen-bond donors (Lipinski definition) is 3. The summed E-state index contributed by atoms with van der Waals surface area (Å²) in [7, 11) is 0. The Hall–Kier alpha value is -4.31. The van der Waals surface area contributed by atoms with Crippen molar-refractivity contribution >= 4 is 28.9 Å². The second-order valence-corrected chi connectivity index (χ2v) is 11.9. The minimum atomic E-state index is -1.28. The molecule has 0 aliphatic heterocycles. The molecule has 0 fully saturated rings. The van der Waals surface area contributed by atoms with Crippen molar-refractivity contribution in [3.63, 3.8) is 0 Å². The molecule has 3 rings (SSSR count). The lowest BCUT2D eigenvalue weighted by Crippen LogP contribution is -2.34. The van der Waals surface area contributed by atoms with Crippen LogP contribution in [0.15, 0.2) is 54.6 Å². The largest absolute Gasteiger partial charge is 0.514 e. The molecule has 0 aliphatic carbocycles. The highest BCUT2D eigenvalue weighted by Crippen LogP contribution is 2.36. The van der Waals surface area contributed by atoms with Crippen molar-refractivity contribution in [3.8, 4) is 17.2 Å². The quantitative estimate of drug-likeness (QED) is 0.132. The molecular formula is C33H40O10. The minimum Gasteiger partial charge on any atom is -0.508 e. The van der Waals surface area contributed by atoms with Crippen molar-refractivity contribution in [2.75, 3.05) is 13.2 Å². The van der Waals surface area contributed by atoms with Gasteiger partial charge in [-0.2, -0.15) is 0 Å². The average molecular weight is 597 g/mol. The van der Waals surface area contributed by atoms with E-state index >= 15 is 0 Å². The van der Waals surface area contributed by atoms with Gasteiger partial charge in [0.2, 0.25) is 0 Å². The SMILES string of the molecule is CCC(C)(CC(C)c1ccc(OC(=O)OC(C)(C)C)cc1)C(=O)OCC(O)COC(=O)c1cc2cc(O)ccc2cc1O. The van der Waals surface area contributed by atoms with Gasteiger partial charge in [-0.15, -0.1) is 0 Å². The van der Waals surface area contributed by atoms with E-state index < -0.39 is 41.8 Å². The summed E-state index contributed by atoms with van der Waals surface area (Å²) in [5.41, 5.74) is -0.717. The number of phenols is 2. The Labute approximate surface area is 251 Å². The summed E-state index contributed by atoms with van der Waals surface area (Å²) in [5, 5.41) is 31.4. The van der Waals surface area contributed by atoms with E-state index in [0.717, 1.165) is 5.56 Å². The Balaban J connectivity index is 1.51. The van der Waals surface area contributed by atoms with E-state index in [1.165, 1.54) is 24.3 Å². The van der Waals surface area contributed by atoms with E-state index in [2.05, 4.69) is 0 Å². The molecule has 3 N–H and O–H groups in total. The van der Waals surface area contributed by atoms with Crippen molar-refractivity contribution < 1.29 is 48.7 Å². The first kappa shape index (κ1) is 33.2. The number of esters is 2. The summed E-state index contributed by atoms with van der Waals surface area (Å²) in [6, 6.07) is 14.2. The van der Waals surface area contributed by atoms with Crippen LogP contribution in [-0.4, -0.2) is 58.3 Å². The van der Waals surface area contributed by atoms with Gasteiger partial charge in [-0.25, -0.2) is 9.59 Å². The number of aromatic hydroxyl groups is 2. The van der Waals surface area contributed by atoms with Crippen LogP contribution in [-0.2, 0) is 19.0 Å². The molecule has 3 aromatic carbocycles. The Bertz CT molecular complexity index is 1440. The zero-order valence-corrected chi connectivity index (χ0v) is 25.4. The summed E-state index contributed by atoms with van der Waals surface area (Å²) in [6.45, 7) is 10.0. The maximum absolute atomic E-state index is 13.0. The third-order valence-electron chi connectivity index (χ3n) is 7.04. The van der Waals surface area contributed by atoms with Gasteiger partial charge < -0.3 is 34.3 Å². The van der Waals surface area contributed by atoms with Gasteiger partial charge in [-0.1, -0.05) is 32.0 Å². The normalized spacial score (nSPS) is 14.3. The molecule has 0 bridgehead atoms. The van der Waals surface area contributed by atoms with Crippen LogP contribution in [0.1, 0.15) is 76.2 Å². The van der Waals surface area contributed by atoms with Crippen LogP contribution in [0.3, 0.4) is 0 Å². The highest BCUT2D eigenvalue weighted by Gasteiger charge is 2.35. The van der Waals surface area contributed by atoms with Gasteiger partial charge in [0.25, 0.3) is 0 Å². The summed E-state index contributed by atoms with van der Waals surface area (Å²) < 4.78 is 20.9. The predicted octanol–water partition coefficient (Wildman–Crippen LogP) is 6.24. The molecule has 10 heteroatoms. The van der Waals surface area contributed by atoms with Gasteiger partial charge >= 0.3 is 18.1 Å². The molecule has 3 atom stereocenters. The molecule has 0 radical (unpaired) electrons. The van der Waals surface area contributed by atoms with Crippen molar-refractivity contribution in [1.29, 1.82) is 0 Å². The fourth-order valence-corrected chi connectivity index (χ4v) is 4.48. The van der Waals surface area contributed by atoms with Crippen LogP contribution in [0.5, 0.6) is 17.2 Å². The highest BCUT2D eigenvalue weighted by atomic mass is 16.7. The molecule has 0 heterocycles. The molecule has 0 aliphatic rings. The van der Waals surface area contributed by atoms with Crippen LogP contribution >= 0.6 is 0 Å². The number of fused-ring (bicyclic) bond motifs is 1. The molecule has 0 aromatic heterocycles. The number of hydrogen-bond acceptors (Lipinski definition) is 10. The molecule has 43 heavy (non-hydrogen) atoms. The molecule has 0 saturated carbocycles. The maximum atomic E-state index is 13.0. The van der Waals surface area contributed by atoms with Crippen molar-refractivity contribution in [1.82, 2.24) is 0 Å². The summed E-state index contributed by atoms with van der Waals surface area (Å²) in [6.07, 6.45) is -1.14. The van der Waals surface area contributed by atoms with Gasteiger partial charge in [-0.05, 0) is 99.2 Å². The first-order valence-electron chi connectivity index (χ1n) is 14.1. The second-order valence-electron chi connectivity index (χ2n) is 11.9. The second kappa shape index (κ2) is 13.8.